The normalized spacial score (nSPS) is 21.2. The standard InChI is InChI=1S/C18H27NO2/c1-14-5-8-17(15(11-14)12-19-16-6-7-16)21-13-18(20)9-3-2-4-10-18/h5,8,11,16,19-20H,2-4,6-7,9-10,12-13H2,1H3. The van der Waals surface area contributed by atoms with Crippen LogP contribution in [0.2, 0.25) is 0 Å². The van der Waals surface area contributed by atoms with Crippen LogP contribution in [0, 0.1) is 6.92 Å². The fourth-order valence-electron chi connectivity index (χ4n) is 3.10. The molecule has 1 aromatic rings. The highest BCUT2D eigenvalue weighted by atomic mass is 16.5. The van der Waals surface area contributed by atoms with Gasteiger partial charge in [0, 0.05) is 18.2 Å². The molecule has 0 amide bonds. The Labute approximate surface area is 127 Å². The molecule has 1 aromatic carbocycles. The highest BCUT2D eigenvalue weighted by Gasteiger charge is 2.30. The Hall–Kier alpha value is -1.06. The minimum absolute atomic E-state index is 0.423. The van der Waals surface area contributed by atoms with Crippen molar-refractivity contribution in [1.29, 1.82) is 0 Å². The molecule has 3 rings (SSSR count). The number of benzene rings is 1. The summed E-state index contributed by atoms with van der Waals surface area (Å²) in [6, 6.07) is 7.02. The first kappa shape index (κ1) is 14.9. The molecule has 2 saturated carbocycles. The van der Waals surface area contributed by atoms with Crippen molar-refractivity contribution in [3.05, 3.63) is 29.3 Å². The van der Waals surface area contributed by atoms with Crippen LogP contribution < -0.4 is 10.1 Å². The van der Waals surface area contributed by atoms with E-state index in [1.807, 2.05) is 6.07 Å². The molecule has 3 nitrogen and oxygen atoms in total. The topological polar surface area (TPSA) is 41.5 Å². The second-order valence-corrected chi connectivity index (χ2v) is 6.84. The summed E-state index contributed by atoms with van der Waals surface area (Å²) in [4.78, 5) is 0. The molecule has 0 spiro atoms. The Bertz CT molecular complexity index is 476. The van der Waals surface area contributed by atoms with Crippen molar-refractivity contribution < 1.29 is 9.84 Å². The van der Waals surface area contributed by atoms with Gasteiger partial charge in [-0.15, -0.1) is 0 Å². The predicted octanol–water partition coefficient (Wildman–Crippen LogP) is 3.32. The molecule has 0 bridgehead atoms. The van der Waals surface area contributed by atoms with Crippen LogP contribution in [0.15, 0.2) is 18.2 Å². The molecule has 0 aromatic heterocycles. The number of hydrogen-bond donors (Lipinski definition) is 2. The Kier molecular flexibility index (Phi) is 4.51. The van der Waals surface area contributed by atoms with Crippen molar-refractivity contribution in [1.82, 2.24) is 5.32 Å². The molecule has 2 aliphatic carbocycles. The first-order chi connectivity index (χ1) is 10.1. The highest BCUT2D eigenvalue weighted by Crippen LogP contribution is 2.30. The quantitative estimate of drug-likeness (QED) is 0.844. The molecule has 21 heavy (non-hydrogen) atoms. The van der Waals surface area contributed by atoms with Gasteiger partial charge in [0.1, 0.15) is 12.4 Å². The SMILES string of the molecule is Cc1ccc(OCC2(O)CCCCC2)c(CNC2CC2)c1. The van der Waals surface area contributed by atoms with Crippen LogP contribution in [0.4, 0.5) is 0 Å². The van der Waals surface area contributed by atoms with Crippen molar-refractivity contribution in [2.24, 2.45) is 0 Å². The van der Waals surface area contributed by atoms with Crippen LogP contribution in [0.1, 0.15) is 56.1 Å². The number of nitrogens with one attached hydrogen (secondary N) is 1. The van der Waals surface area contributed by atoms with Gasteiger partial charge in [0.2, 0.25) is 0 Å². The zero-order valence-electron chi connectivity index (χ0n) is 13.0. The van der Waals surface area contributed by atoms with E-state index in [1.165, 1.54) is 30.4 Å². The molecule has 2 aliphatic rings. The van der Waals surface area contributed by atoms with E-state index in [1.54, 1.807) is 0 Å². The zero-order valence-corrected chi connectivity index (χ0v) is 13.0. The molecular formula is C18H27NO2. The average Bonchev–Trinajstić information content (AvgIpc) is 3.29. The molecule has 0 saturated heterocycles. The second kappa shape index (κ2) is 6.37. The summed E-state index contributed by atoms with van der Waals surface area (Å²) in [6.07, 6.45) is 7.80. The maximum atomic E-state index is 10.6. The lowest BCUT2D eigenvalue weighted by atomic mass is 9.85. The molecule has 0 aliphatic heterocycles. The van der Waals surface area contributed by atoms with Crippen LogP contribution in [-0.4, -0.2) is 23.4 Å². The number of aryl methyl sites for hydroxylation is 1. The third kappa shape index (κ3) is 4.21. The molecule has 2 N–H and O–H groups in total. The Morgan fingerprint density at radius 2 is 2.00 bits per heavy atom. The van der Waals surface area contributed by atoms with Gasteiger partial charge in [-0.05, 0) is 38.7 Å². The van der Waals surface area contributed by atoms with Crippen molar-refractivity contribution in [2.75, 3.05) is 6.61 Å². The van der Waals surface area contributed by atoms with Crippen LogP contribution in [0.25, 0.3) is 0 Å². The average molecular weight is 289 g/mol. The van der Waals surface area contributed by atoms with Crippen LogP contribution in [0.5, 0.6) is 5.75 Å². The first-order valence-electron chi connectivity index (χ1n) is 8.33. The molecular weight excluding hydrogens is 262 g/mol. The van der Waals surface area contributed by atoms with E-state index in [4.69, 9.17) is 4.74 Å². The number of rotatable bonds is 6. The van der Waals surface area contributed by atoms with Crippen molar-refractivity contribution in [3.8, 4) is 5.75 Å². The van der Waals surface area contributed by atoms with Gasteiger partial charge in [-0.25, -0.2) is 0 Å². The van der Waals surface area contributed by atoms with E-state index >= 15 is 0 Å². The first-order valence-corrected chi connectivity index (χ1v) is 8.33. The van der Waals surface area contributed by atoms with E-state index in [0.29, 0.717) is 12.6 Å². The van der Waals surface area contributed by atoms with Gasteiger partial charge < -0.3 is 15.2 Å². The van der Waals surface area contributed by atoms with E-state index in [-0.39, 0.29) is 0 Å². The van der Waals surface area contributed by atoms with E-state index < -0.39 is 5.60 Å². The van der Waals surface area contributed by atoms with Crippen molar-refractivity contribution in [2.45, 2.75) is 70.1 Å². The molecule has 2 fully saturated rings. The molecule has 3 heteroatoms. The lowest BCUT2D eigenvalue weighted by molar-refractivity contribution is -0.0341. The number of aliphatic hydroxyl groups is 1. The van der Waals surface area contributed by atoms with Gasteiger partial charge >= 0.3 is 0 Å². The van der Waals surface area contributed by atoms with E-state index in [2.05, 4.69) is 24.4 Å². The molecule has 116 valence electrons. The summed E-state index contributed by atoms with van der Waals surface area (Å²) in [6.45, 7) is 3.39. The van der Waals surface area contributed by atoms with Crippen LogP contribution >= 0.6 is 0 Å². The molecule has 0 atom stereocenters. The van der Waals surface area contributed by atoms with Gasteiger partial charge in [-0.1, -0.05) is 37.0 Å². The maximum Gasteiger partial charge on any atom is 0.123 e. The fraction of sp³-hybridized carbons (Fsp3) is 0.667. The predicted molar refractivity (Wildman–Crippen MR) is 84.6 cm³/mol. The summed E-state index contributed by atoms with van der Waals surface area (Å²) >= 11 is 0. The van der Waals surface area contributed by atoms with Crippen molar-refractivity contribution >= 4 is 0 Å². The van der Waals surface area contributed by atoms with Crippen LogP contribution in [-0.2, 0) is 6.54 Å². The van der Waals surface area contributed by atoms with Gasteiger partial charge in [0.25, 0.3) is 0 Å². The second-order valence-electron chi connectivity index (χ2n) is 6.84. The van der Waals surface area contributed by atoms with E-state index in [9.17, 15) is 5.11 Å². The fourth-order valence-corrected chi connectivity index (χ4v) is 3.10. The minimum atomic E-state index is -0.621. The highest BCUT2D eigenvalue weighted by molar-refractivity contribution is 5.37. The Morgan fingerprint density at radius 1 is 1.24 bits per heavy atom. The van der Waals surface area contributed by atoms with Gasteiger partial charge in [-0.2, -0.15) is 0 Å². The summed E-state index contributed by atoms with van der Waals surface area (Å²) in [7, 11) is 0. The lowest BCUT2D eigenvalue weighted by Gasteiger charge is -2.32. The maximum absolute atomic E-state index is 10.6. The summed E-state index contributed by atoms with van der Waals surface area (Å²) in [5.41, 5.74) is 1.84. The van der Waals surface area contributed by atoms with E-state index in [0.717, 1.165) is 38.0 Å². The molecule has 0 radical (unpaired) electrons. The van der Waals surface area contributed by atoms with Gasteiger partial charge in [0.05, 0.1) is 5.60 Å². The third-order valence-corrected chi connectivity index (χ3v) is 4.66. The van der Waals surface area contributed by atoms with Crippen LogP contribution in [0.3, 0.4) is 0 Å². The summed E-state index contributed by atoms with van der Waals surface area (Å²) in [5, 5.41) is 14.1. The Balaban J connectivity index is 1.62. The monoisotopic (exact) mass is 289 g/mol. The lowest BCUT2D eigenvalue weighted by Crippen LogP contribution is -2.38. The Morgan fingerprint density at radius 3 is 2.71 bits per heavy atom. The molecule has 0 unspecified atom stereocenters. The third-order valence-electron chi connectivity index (χ3n) is 4.66. The molecule has 0 heterocycles. The van der Waals surface area contributed by atoms with Crippen molar-refractivity contribution in [3.63, 3.8) is 0 Å². The number of ether oxygens (including phenoxy) is 1. The number of hydrogen-bond acceptors (Lipinski definition) is 3. The minimum Gasteiger partial charge on any atom is -0.490 e. The zero-order chi connectivity index (χ0) is 14.7. The summed E-state index contributed by atoms with van der Waals surface area (Å²) in [5.74, 6) is 0.924. The largest absolute Gasteiger partial charge is 0.490 e. The summed E-state index contributed by atoms with van der Waals surface area (Å²) < 4.78 is 6.00. The van der Waals surface area contributed by atoms with Gasteiger partial charge in [0.15, 0.2) is 0 Å². The smallest absolute Gasteiger partial charge is 0.123 e. The van der Waals surface area contributed by atoms with Gasteiger partial charge in [-0.3, -0.25) is 0 Å².